The van der Waals surface area contributed by atoms with Crippen molar-refractivity contribution in [2.45, 2.75) is 31.9 Å². The predicted octanol–water partition coefficient (Wildman–Crippen LogP) is 2.66. The number of rotatable bonds is 4. The van der Waals surface area contributed by atoms with Crippen molar-refractivity contribution < 1.29 is 36.6 Å². The van der Waals surface area contributed by atoms with E-state index in [2.05, 4.69) is 0 Å². The second-order valence-electron chi connectivity index (χ2n) is 7.38. The molecule has 0 aliphatic carbocycles. The van der Waals surface area contributed by atoms with E-state index in [1.807, 2.05) is 0 Å². The molecule has 1 aliphatic heterocycles. The third kappa shape index (κ3) is 4.71. The van der Waals surface area contributed by atoms with Gasteiger partial charge in [-0.2, -0.15) is 13.2 Å². The van der Waals surface area contributed by atoms with Crippen LogP contribution in [0.3, 0.4) is 0 Å². The quantitative estimate of drug-likeness (QED) is 0.494. The third-order valence-corrected chi connectivity index (χ3v) is 4.89. The molecule has 8 nitrogen and oxygen atoms in total. The molecule has 0 N–H and O–H groups in total. The Hall–Kier alpha value is -2.70. The maximum atomic E-state index is 14.5. The zero-order valence-corrected chi connectivity index (χ0v) is 17.7. The monoisotopic (exact) mass is 480 g/mol. The highest BCUT2D eigenvalue weighted by molar-refractivity contribution is 6.33. The summed E-state index contributed by atoms with van der Waals surface area (Å²) in [7, 11) is 0.773. The van der Waals surface area contributed by atoms with Crippen molar-refractivity contribution in [1.29, 1.82) is 0 Å². The first-order chi connectivity index (χ1) is 14.7. The van der Waals surface area contributed by atoms with E-state index in [9.17, 15) is 31.9 Å². The standard InChI is InChI=1S/C19H17ClF4N2O6/c1-18(2)31-8-9(32-18)7-30-16(28)10-4-13(12(21)5-11(10)20)26-15(27)6-14(19(22,23)24)25(3)17(26)29/h4-6,9H,7-8H2,1-3H3. The molecule has 2 heterocycles. The van der Waals surface area contributed by atoms with Gasteiger partial charge in [0.2, 0.25) is 0 Å². The second-order valence-corrected chi connectivity index (χ2v) is 7.78. The van der Waals surface area contributed by atoms with Crippen LogP contribution in [-0.4, -0.2) is 40.2 Å². The molecule has 174 valence electrons. The highest BCUT2D eigenvalue weighted by atomic mass is 35.5. The Kier molecular flexibility index (Phi) is 6.24. The summed E-state index contributed by atoms with van der Waals surface area (Å²) in [5.41, 5.74) is -5.60. The number of halogens is 5. The van der Waals surface area contributed by atoms with Gasteiger partial charge in [-0.3, -0.25) is 9.36 Å². The van der Waals surface area contributed by atoms with Crippen molar-refractivity contribution in [2.75, 3.05) is 13.2 Å². The Bertz CT molecular complexity index is 1190. The molecule has 1 unspecified atom stereocenters. The SMILES string of the molecule is Cn1c(C(F)(F)F)cc(=O)n(-c2cc(C(=O)OCC3COC(C)(C)O3)c(Cl)cc2F)c1=O. The van der Waals surface area contributed by atoms with Gasteiger partial charge in [0.15, 0.2) is 5.79 Å². The first kappa shape index (κ1) is 24.0. The average Bonchev–Trinajstić information content (AvgIpc) is 3.02. The Morgan fingerprint density at radius 3 is 2.50 bits per heavy atom. The Labute approximate surface area is 182 Å². The van der Waals surface area contributed by atoms with Crippen molar-refractivity contribution in [3.8, 4) is 5.69 Å². The number of carbonyl (C=O) groups excluding carboxylic acids is 1. The largest absolute Gasteiger partial charge is 0.459 e. The lowest BCUT2D eigenvalue weighted by molar-refractivity contribution is -0.144. The molecule has 32 heavy (non-hydrogen) atoms. The van der Waals surface area contributed by atoms with Gasteiger partial charge in [-0.25, -0.2) is 18.5 Å². The van der Waals surface area contributed by atoms with Crippen LogP contribution in [-0.2, 0) is 27.4 Å². The van der Waals surface area contributed by atoms with Crippen LogP contribution in [0.15, 0.2) is 27.8 Å². The lowest BCUT2D eigenvalue weighted by Gasteiger charge is -2.17. The lowest BCUT2D eigenvalue weighted by Crippen LogP contribution is -2.41. The van der Waals surface area contributed by atoms with Crippen LogP contribution < -0.4 is 11.2 Å². The van der Waals surface area contributed by atoms with Gasteiger partial charge in [0, 0.05) is 13.1 Å². The number of nitrogens with zero attached hydrogens (tertiary/aromatic N) is 2. The fraction of sp³-hybridized carbons (Fsp3) is 0.421. The minimum Gasteiger partial charge on any atom is -0.459 e. The van der Waals surface area contributed by atoms with Crippen molar-refractivity contribution >= 4 is 17.6 Å². The van der Waals surface area contributed by atoms with Gasteiger partial charge in [-0.05, 0) is 26.0 Å². The molecule has 0 saturated carbocycles. The number of carbonyl (C=O) groups is 1. The molecule has 3 rings (SSSR count). The average molecular weight is 481 g/mol. The minimum absolute atomic E-state index is 0.145. The van der Waals surface area contributed by atoms with E-state index in [0.717, 1.165) is 13.1 Å². The molecule has 0 spiro atoms. The Balaban J connectivity index is 1.98. The van der Waals surface area contributed by atoms with Crippen LogP contribution in [0.1, 0.15) is 29.9 Å². The van der Waals surface area contributed by atoms with Gasteiger partial charge in [0.1, 0.15) is 24.2 Å². The molecular formula is C19H17ClF4N2O6. The molecule has 0 radical (unpaired) electrons. The molecule has 1 saturated heterocycles. The van der Waals surface area contributed by atoms with Gasteiger partial charge in [-0.1, -0.05) is 11.6 Å². The number of benzene rings is 1. The zero-order valence-electron chi connectivity index (χ0n) is 17.0. The van der Waals surface area contributed by atoms with Crippen LogP contribution in [0.5, 0.6) is 0 Å². The van der Waals surface area contributed by atoms with Crippen molar-refractivity contribution in [2.24, 2.45) is 7.05 Å². The van der Waals surface area contributed by atoms with Gasteiger partial charge in [0.25, 0.3) is 5.56 Å². The molecule has 13 heteroatoms. The molecule has 1 aromatic heterocycles. The number of esters is 1. The fourth-order valence-corrected chi connectivity index (χ4v) is 3.30. The maximum absolute atomic E-state index is 14.5. The van der Waals surface area contributed by atoms with E-state index in [4.69, 9.17) is 25.8 Å². The summed E-state index contributed by atoms with van der Waals surface area (Å²) in [6, 6.07) is 1.55. The van der Waals surface area contributed by atoms with E-state index >= 15 is 0 Å². The first-order valence-corrected chi connectivity index (χ1v) is 9.47. The molecular weight excluding hydrogens is 464 g/mol. The minimum atomic E-state index is -4.99. The van der Waals surface area contributed by atoms with Gasteiger partial charge in [0.05, 0.1) is 22.9 Å². The molecule has 1 aromatic carbocycles. The lowest BCUT2D eigenvalue weighted by atomic mass is 10.2. The molecule has 1 fully saturated rings. The van der Waals surface area contributed by atoms with Gasteiger partial charge < -0.3 is 14.2 Å². The molecule has 1 atom stereocenters. The van der Waals surface area contributed by atoms with Gasteiger partial charge in [-0.15, -0.1) is 0 Å². The van der Waals surface area contributed by atoms with E-state index in [-0.39, 0.29) is 28.4 Å². The number of ether oxygens (including phenoxy) is 3. The van der Waals surface area contributed by atoms with Crippen molar-refractivity contribution in [1.82, 2.24) is 9.13 Å². The Morgan fingerprint density at radius 2 is 1.94 bits per heavy atom. The number of alkyl halides is 3. The topological polar surface area (TPSA) is 88.8 Å². The first-order valence-electron chi connectivity index (χ1n) is 9.10. The number of aromatic nitrogens is 2. The summed E-state index contributed by atoms with van der Waals surface area (Å²) in [5, 5.41) is -0.392. The zero-order chi connectivity index (χ0) is 24.0. The number of hydrogen-bond acceptors (Lipinski definition) is 6. The summed E-state index contributed by atoms with van der Waals surface area (Å²) in [4.78, 5) is 37.1. The van der Waals surface area contributed by atoms with Crippen molar-refractivity contribution in [3.63, 3.8) is 0 Å². The summed E-state index contributed by atoms with van der Waals surface area (Å²) in [6.07, 6.45) is -5.56. The molecule has 0 amide bonds. The van der Waals surface area contributed by atoms with Crippen LogP contribution >= 0.6 is 11.6 Å². The maximum Gasteiger partial charge on any atom is 0.431 e. The summed E-state index contributed by atoms with van der Waals surface area (Å²) in [6.45, 7) is 3.26. The van der Waals surface area contributed by atoms with Crippen LogP contribution in [0.4, 0.5) is 17.6 Å². The van der Waals surface area contributed by atoms with Gasteiger partial charge >= 0.3 is 17.8 Å². The van der Waals surface area contributed by atoms with Crippen molar-refractivity contribution in [3.05, 3.63) is 61.1 Å². The second kappa shape index (κ2) is 8.34. The smallest absolute Gasteiger partial charge is 0.431 e. The molecule has 2 aromatic rings. The summed E-state index contributed by atoms with van der Waals surface area (Å²) in [5.74, 6) is -3.09. The van der Waals surface area contributed by atoms with Crippen LogP contribution in [0.25, 0.3) is 5.69 Å². The van der Waals surface area contributed by atoms with E-state index in [1.54, 1.807) is 13.8 Å². The normalized spacial score (nSPS) is 18.1. The number of hydrogen-bond donors (Lipinski definition) is 0. The van der Waals surface area contributed by atoms with Crippen LogP contribution in [0.2, 0.25) is 5.02 Å². The summed E-state index contributed by atoms with van der Waals surface area (Å²) < 4.78 is 69.8. The fourth-order valence-electron chi connectivity index (χ4n) is 3.08. The van der Waals surface area contributed by atoms with Crippen LogP contribution in [0, 0.1) is 5.82 Å². The highest BCUT2D eigenvalue weighted by Gasteiger charge is 2.36. The summed E-state index contributed by atoms with van der Waals surface area (Å²) >= 11 is 5.90. The molecule has 1 aliphatic rings. The van der Waals surface area contributed by atoms with E-state index in [0.29, 0.717) is 6.07 Å². The highest BCUT2D eigenvalue weighted by Crippen LogP contribution is 2.28. The predicted molar refractivity (Wildman–Crippen MR) is 102 cm³/mol. The third-order valence-electron chi connectivity index (χ3n) is 4.58. The molecule has 0 bridgehead atoms. The van der Waals surface area contributed by atoms with E-state index < -0.39 is 63.1 Å². The Morgan fingerprint density at radius 1 is 1.28 bits per heavy atom. The van der Waals surface area contributed by atoms with E-state index in [1.165, 1.54) is 0 Å².